The number of thioether (sulfide) groups is 1. The normalized spacial score (nSPS) is 21.5. The van der Waals surface area contributed by atoms with Crippen LogP contribution in [0.25, 0.3) is 83.2 Å². The molecule has 9 aromatic rings. The van der Waals surface area contributed by atoms with Crippen molar-refractivity contribution >= 4 is 78.1 Å². The number of nitrogens with zero attached hydrogens (tertiary/aromatic N) is 2. The van der Waals surface area contributed by atoms with Crippen molar-refractivity contribution in [2.24, 2.45) is 11.8 Å². The third kappa shape index (κ3) is 5.48. The van der Waals surface area contributed by atoms with Crippen LogP contribution in [0, 0.1) is 11.8 Å². The molecule has 5 aliphatic rings. The van der Waals surface area contributed by atoms with E-state index in [1.54, 1.807) is 4.91 Å². The van der Waals surface area contributed by atoms with E-state index in [9.17, 15) is 0 Å². The molecule has 306 valence electrons. The molecule has 0 N–H and O–H groups in total. The van der Waals surface area contributed by atoms with E-state index in [0.717, 1.165) is 37.0 Å². The lowest BCUT2D eigenvalue weighted by molar-refractivity contribution is 0.578. The Bertz CT molecular complexity index is 3670. The molecule has 0 saturated heterocycles. The van der Waals surface area contributed by atoms with Gasteiger partial charge in [-0.1, -0.05) is 139 Å². The number of para-hydroxylation sites is 4. The van der Waals surface area contributed by atoms with E-state index < -0.39 is 0 Å². The zero-order valence-corrected chi connectivity index (χ0v) is 36.1. The van der Waals surface area contributed by atoms with Gasteiger partial charge in [-0.15, -0.1) is 11.8 Å². The first kappa shape index (κ1) is 36.5. The lowest BCUT2D eigenvalue weighted by Gasteiger charge is -2.34. The van der Waals surface area contributed by atoms with Crippen LogP contribution < -0.4 is 0 Å². The smallest absolute Gasteiger partial charge is 0.135 e. The molecule has 0 amide bonds. The van der Waals surface area contributed by atoms with Crippen molar-refractivity contribution in [3.05, 3.63) is 221 Å². The number of rotatable bonds is 5. The van der Waals surface area contributed by atoms with Crippen LogP contribution in [0.1, 0.15) is 42.9 Å². The molecule has 0 spiro atoms. The molecule has 0 radical (unpaired) electrons. The number of furan rings is 1. The monoisotopic (exact) mass is 840 g/mol. The second kappa shape index (κ2) is 14.3. The minimum atomic E-state index is 0.166. The van der Waals surface area contributed by atoms with Crippen LogP contribution in [0.4, 0.5) is 0 Å². The first-order chi connectivity index (χ1) is 31.7. The minimum absolute atomic E-state index is 0.166. The molecule has 4 heterocycles. The number of benzene rings is 6. The highest BCUT2D eigenvalue weighted by molar-refractivity contribution is 8.04. The van der Waals surface area contributed by atoms with E-state index in [-0.39, 0.29) is 5.92 Å². The number of hydrogen-bond donors (Lipinski definition) is 0. The first-order valence-electron chi connectivity index (χ1n) is 22.9. The van der Waals surface area contributed by atoms with Crippen LogP contribution in [0.5, 0.6) is 0 Å². The summed E-state index contributed by atoms with van der Waals surface area (Å²) in [5.74, 6) is 1.95. The number of allylic oxidation sites excluding steroid dienone is 12. The van der Waals surface area contributed by atoms with Gasteiger partial charge in [0.15, 0.2) is 0 Å². The van der Waals surface area contributed by atoms with Crippen molar-refractivity contribution in [2.75, 3.05) is 0 Å². The Morgan fingerprint density at radius 3 is 2.05 bits per heavy atom. The predicted molar refractivity (Wildman–Crippen MR) is 270 cm³/mol. The summed E-state index contributed by atoms with van der Waals surface area (Å²) in [5, 5.41) is 6.69. The maximum absolute atomic E-state index is 6.86. The molecular weight excluding hydrogens is 797 g/mol. The van der Waals surface area contributed by atoms with Crippen molar-refractivity contribution in [3.63, 3.8) is 0 Å². The highest BCUT2D eigenvalue weighted by atomic mass is 32.2. The van der Waals surface area contributed by atoms with Gasteiger partial charge in [0.05, 0.1) is 22.1 Å². The van der Waals surface area contributed by atoms with Gasteiger partial charge in [0.1, 0.15) is 11.3 Å². The fourth-order valence-electron chi connectivity index (χ4n) is 11.9. The predicted octanol–water partition coefficient (Wildman–Crippen LogP) is 16.1. The van der Waals surface area contributed by atoms with Gasteiger partial charge in [-0.05, 0) is 107 Å². The summed E-state index contributed by atoms with van der Waals surface area (Å²) in [6, 6.07) is 51.2. The number of hydrogen-bond acceptors (Lipinski definition) is 2. The van der Waals surface area contributed by atoms with Gasteiger partial charge in [-0.25, -0.2) is 0 Å². The molecule has 4 unspecified atom stereocenters. The largest absolute Gasteiger partial charge is 0.456 e. The Labute approximate surface area is 376 Å². The summed E-state index contributed by atoms with van der Waals surface area (Å²) in [6.45, 7) is 0. The van der Waals surface area contributed by atoms with Gasteiger partial charge in [0.2, 0.25) is 0 Å². The van der Waals surface area contributed by atoms with Crippen molar-refractivity contribution in [1.29, 1.82) is 0 Å². The first-order valence-corrected chi connectivity index (χ1v) is 23.8. The van der Waals surface area contributed by atoms with E-state index in [4.69, 9.17) is 4.42 Å². The maximum Gasteiger partial charge on any atom is 0.135 e. The minimum Gasteiger partial charge on any atom is -0.456 e. The number of fused-ring (bicyclic) bond motifs is 11. The second-order valence-electron chi connectivity index (χ2n) is 18.1. The van der Waals surface area contributed by atoms with E-state index >= 15 is 0 Å². The van der Waals surface area contributed by atoms with Gasteiger partial charge < -0.3 is 13.6 Å². The summed E-state index contributed by atoms with van der Waals surface area (Å²) in [5.41, 5.74) is 16.6. The second-order valence-corrected chi connectivity index (χ2v) is 19.4. The zero-order valence-electron chi connectivity index (χ0n) is 35.3. The van der Waals surface area contributed by atoms with Crippen LogP contribution in [0.3, 0.4) is 0 Å². The van der Waals surface area contributed by atoms with Gasteiger partial charge >= 0.3 is 0 Å². The molecule has 1 aliphatic heterocycles. The summed E-state index contributed by atoms with van der Waals surface area (Å²) >= 11 is 2.11. The molecule has 4 aliphatic carbocycles. The van der Waals surface area contributed by atoms with E-state index in [1.807, 2.05) is 0 Å². The van der Waals surface area contributed by atoms with Gasteiger partial charge in [0, 0.05) is 73.0 Å². The average Bonchev–Trinajstić information content (AvgIpc) is 4.11. The molecule has 64 heavy (non-hydrogen) atoms. The molecule has 0 bridgehead atoms. The number of aromatic nitrogens is 2. The Hall–Kier alpha value is -7.01. The van der Waals surface area contributed by atoms with Crippen molar-refractivity contribution in [1.82, 2.24) is 9.13 Å². The lowest BCUT2D eigenvalue weighted by Crippen LogP contribution is -2.24. The molecule has 3 nitrogen and oxygen atoms in total. The standard InChI is InChI=1S/C60H44N2OS/c1-3-14-37(15-4-1)40-26-29-47-58(34-40)64-57-25-13-21-45(60(47)57)50-35-42(36-56-59(50)46-20-9-12-24-55(46)63-56)62-52-23-11-8-19-44(52)49-33-39(28-31-54(49)62)38-27-30-53-48(32-38)43-18-7-10-22-51(43)61(53)41-16-5-2-6-17-41/h2-3,5-33,36,40,50,57,60H,1,4,34-35H2. The van der Waals surface area contributed by atoms with Crippen molar-refractivity contribution in [2.45, 2.75) is 36.9 Å². The van der Waals surface area contributed by atoms with Crippen LogP contribution >= 0.6 is 11.8 Å². The van der Waals surface area contributed by atoms with Crippen LogP contribution in [0.15, 0.2) is 214 Å². The average molecular weight is 841 g/mol. The quantitative estimate of drug-likeness (QED) is 0.172. The van der Waals surface area contributed by atoms with Crippen molar-refractivity contribution < 1.29 is 4.42 Å². The summed E-state index contributed by atoms with van der Waals surface area (Å²) < 4.78 is 11.8. The topological polar surface area (TPSA) is 23.0 Å². The Kier molecular flexibility index (Phi) is 8.12. The molecule has 0 saturated carbocycles. The molecular formula is C60H44N2OS. The molecule has 4 atom stereocenters. The van der Waals surface area contributed by atoms with Crippen molar-refractivity contribution in [3.8, 4) is 16.8 Å². The fraction of sp³-hybridized carbons (Fsp3) is 0.133. The van der Waals surface area contributed by atoms with E-state index in [2.05, 4.69) is 215 Å². The molecule has 6 aromatic carbocycles. The third-order valence-corrected chi connectivity index (χ3v) is 16.1. The summed E-state index contributed by atoms with van der Waals surface area (Å²) in [6.07, 6.45) is 26.1. The van der Waals surface area contributed by atoms with E-state index in [0.29, 0.717) is 17.1 Å². The molecule has 14 rings (SSSR count). The van der Waals surface area contributed by atoms with Crippen LogP contribution in [0.2, 0.25) is 0 Å². The Morgan fingerprint density at radius 2 is 1.28 bits per heavy atom. The van der Waals surface area contributed by atoms with Gasteiger partial charge in [-0.2, -0.15) is 0 Å². The Morgan fingerprint density at radius 1 is 0.594 bits per heavy atom. The maximum atomic E-state index is 6.86. The Balaban J connectivity index is 0.889. The summed E-state index contributed by atoms with van der Waals surface area (Å²) in [7, 11) is 0. The van der Waals surface area contributed by atoms with Gasteiger partial charge in [0.25, 0.3) is 0 Å². The molecule has 0 fully saturated rings. The highest BCUT2D eigenvalue weighted by Crippen LogP contribution is 2.58. The van der Waals surface area contributed by atoms with Crippen LogP contribution in [-0.4, -0.2) is 14.4 Å². The van der Waals surface area contributed by atoms with Gasteiger partial charge in [-0.3, -0.25) is 0 Å². The van der Waals surface area contributed by atoms with E-state index in [1.165, 1.54) is 93.8 Å². The van der Waals surface area contributed by atoms with Crippen LogP contribution in [-0.2, 0) is 0 Å². The fourth-order valence-corrected chi connectivity index (χ4v) is 13.4. The summed E-state index contributed by atoms with van der Waals surface area (Å²) in [4.78, 5) is 1.57. The molecule has 4 heteroatoms. The SMILES string of the molecule is C1=CC2SC3=C(C=CC(C4=CCCC=C4)C3)C2C(C2CC(n3c4ccccc4c4cc(-c5ccc6c(c5)c5ccccc5n6-c5ccccc5)ccc43)=Cc3oc4ccccc4c32)=C1. The lowest BCUT2D eigenvalue weighted by atomic mass is 9.71. The highest BCUT2D eigenvalue weighted by Gasteiger charge is 2.43. The molecule has 3 aromatic heterocycles. The zero-order chi connectivity index (χ0) is 41.9. The third-order valence-electron chi connectivity index (χ3n) is 14.7.